The Morgan fingerprint density at radius 3 is 2.08 bits per heavy atom. The van der Waals surface area contributed by atoms with Gasteiger partial charge in [0.2, 0.25) is 0 Å². The van der Waals surface area contributed by atoms with Crippen molar-refractivity contribution < 1.29 is 13.2 Å². The highest BCUT2D eigenvalue weighted by Gasteiger charge is 2.18. The lowest BCUT2D eigenvalue weighted by molar-refractivity contribution is 0.542. The SMILES string of the molecule is Fc1cccc(F)c1CCNCc1c(F)cccc1N1CCCC1. The van der Waals surface area contributed by atoms with Gasteiger partial charge in [0.25, 0.3) is 0 Å². The van der Waals surface area contributed by atoms with Crippen LogP contribution in [0.4, 0.5) is 18.9 Å². The Morgan fingerprint density at radius 1 is 0.833 bits per heavy atom. The molecule has 1 N–H and O–H groups in total. The van der Waals surface area contributed by atoms with Crippen molar-refractivity contribution in [3.8, 4) is 0 Å². The zero-order valence-electron chi connectivity index (χ0n) is 13.5. The van der Waals surface area contributed by atoms with Crippen LogP contribution in [0.15, 0.2) is 36.4 Å². The van der Waals surface area contributed by atoms with Crippen LogP contribution < -0.4 is 10.2 Å². The summed E-state index contributed by atoms with van der Waals surface area (Å²) in [6.07, 6.45) is 2.47. The van der Waals surface area contributed by atoms with E-state index in [1.165, 1.54) is 24.3 Å². The Balaban J connectivity index is 1.63. The first-order chi connectivity index (χ1) is 11.7. The van der Waals surface area contributed by atoms with E-state index in [-0.39, 0.29) is 17.8 Å². The molecule has 2 nitrogen and oxygen atoms in total. The largest absolute Gasteiger partial charge is 0.371 e. The number of anilines is 1. The lowest BCUT2D eigenvalue weighted by Crippen LogP contribution is -2.24. The zero-order chi connectivity index (χ0) is 16.9. The minimum atomic E-state index is -0.541. The van der Waals surface area contributed by atoms with Crippen molar-refractivity contribution in [3.05, 3.63) is 65.0 Å². The van der Waals surface area contributed by atoms with Crippen LogP contribution in [0.25, 0.3) is 0 Å². The molecule has 0 bridgehead atoms. The highest BCUT2D eigenvalue weighted by molar-refractivity contribution is 5.54. The van der Waals surface area contributed by atoms with E-state index in [1.54, 1.807) is 6.07 Å². The zero-order valence-corrected chi connectivity index (χ0v) is 13.5. The second-order valence-electron chi connectivity index (χ2n) is 6.06. The first-order valence-corrected chi connectivity index (χ1v) is 8.33. The summed E-state index contributed by atoms with van der Waals surface area (Å²) in [5.74, 6) is -1.33. The molecule has 5 heteroatoms. The average molecular weight is 334 g/mol. The van der Waals surface area contributed by atoms with Crippen LogP contribution in [-0.2, 0) is 13.0 Å². The van der Waals surface area contributed by atoms with E-state index in [9.17, 15) is 13.2 Å². The predicted molar refractivity (Wildman–Crippen MR) is 89.6 cm³/mol. The first-order valence-electron chi connectivity index (χ1n) is 8.33. The summed E-state index contributed by atoms with van der Waals surface area (Å²) in [6, 6.07) is 8.96. The molecule has 1 aliphatic rings. The van der Waals surface area contributed by atoms with Gasteiger partial charge in [-0.05, 0) is 50.1 Å². The third-order valence-electron chi connectivity index (χ3n) is 4.46. The number of benzene rings is 2. The van der Waals surface area contributed by atoms with Crippen LogP contribution in [0.1, 0.15) is 24.0 Å². The number of halogens is 3. The average Bonchev–Trinajstić information content (AvgIpc) is 3.09. The maximum absolute atomic E-state index is 14.2. The van der Waals surface area contributed by atoms with E-state index in [4.69, 9.17) is 0 Å². The Bertz CT molecular complexity index is 677. The molecule has 0 amide bonds. The molecule has 0 aromatic heterocycles. The molecule has 0 atom stereocenters. The summed E-state index contributed by atoms with van der Waals surface area (Å²) in [5.41, 5.74) is 1.60. The molecule has 0 saturated carbocycles. The molecule has 0 radical (unpaired) electrons. The van der Waals surface area contributed by atoms with E-state index in [1.807, 2.05) is 6.07 Å². The topological polar surface area (TPSA) is 15.3 Å². The van der Waals surface area contributed by atoms with E-state index in [0.29, 0.717) is 18.7 Å². The molecule has 1 fully saturated rings. The normalized spacial score (nSPS) is 14.4. The molecule has 1 heterocycles. The molecule has 1 aliphatic heterocycles. The van der Waals surface area contributed by atoms with Crippen LogP contribution in [0, 0.1) is 17.5 Å². The fraction of sp³-hybridized carbons (Fsp3) is 0.368. The Kier molecular flexibility index (Phi) is 5.41. The van der Waals surface area contributed by atoms with Crippen LogP contribution in [0.5, 0.6) is 0 Å². The lowest BCUT2D eigenvalue weighted by atomic mass is 10.1. The second-order valence-corrected chi connectivity index (χ2v) is 6.06. The van der Waals surface area contributed by atoms with Gasteiger partial charge in [0, 0.05) is 36.4 Å². The van der Waals surface area contributed by atoms with Gasteiger partial charge in [-0.2, -0.15) is 0 Å². The maximum atomic E-state index is 14.2. The third-order valence-corrected chi connectivity index (χ3v) is 4.46. The molecule has 0 spiro atoms. The van der Waals surface area contributed by atoms with Crippen molar-refractivity contribution in [2.24, 2.45) is 0 Å². The molecule has 24 heavy (non-hydrogen) atoms. The van der Waals surface area contributed by atoms with E-state index in [2.05, 4.69) is 10.2 Å². The summed E-state index contributed by atoms with van der Waals surface area (Å²) in [5, 5.41) is 3.11. The van der Waals surface area contributed by atoms with Gasteiger partial charge in [0.15, 0.2) is 0 Å². The smallest absolute Gasteiger partial charge is 0.129 e. The number of nitrogens with zero attached hydrogens (tertiary/aromatic N) is 1. The second kappa shape index (κ2) is 7.71. The molecule has 1 saturated heterocycles. The van der Waals surface area contributed by atoms with Gasteiger partial charge in [-0.25, -0.2) is 13.2 Å². The lowest BCUT2D eigenvalue weighted by Gasteiger charge is -2.22. The van der Waals surface area contributed by atoms with Gasteiger partial charge in [0.1, 0.15) is 17.5 Å². The van der Waals surface area contributed by atoms with Crippen molar-refractivity contribution in [3.63, 3.8) is 0 Å². The fourth-order valence-electron chi connectivity index (χ4n) is 3.17. The fourth-order valence-corrected chi connectivity index (χ4v) is 3.17. The van der Waals surface area contributed by atoms with Crippen LogP contribution in [0.3, 0.4) is 0 Å². The van der Waals surface area contributed by atoms with Crippen LogP contribution in [0.2, 0.25) is 0 Å². The minimum Gasteiger partial charge on any atom is -0.371 e. The Morgan fingerprint density at radius 2 is 1.42 bits per heavy atom. The first kappa shape index (κ1) is 16.8. The third kappa shape index (κ3) is 3.73. The van der Waals surface area contributed by atoms with Crippen molar-refractivity contribution in [1.82, 2.24) is 5.32 Å². The molecular formula is C19H21F3N2. The van der Waals surface area contributed by atoms with Gasteiger partial charge in [-0.15, -0.1) is 0 Å². The highest BCUT2D eigenvalue weighted by Crippen LogP contribution is 2.26. The number of rotatable bonds is 6. The highest BCUT2D eigenvalue weighted by atomic mass is 19.1. The number of hydrogen-bond donors (Lipinski definition) is 1. The van der Waals surface area contributed by atoms with Crippen molar-refractivity contribution >= 4 is 5.69 Å². The molecule has 2 aromatic carbocycles. The minimum absolute atomic E-state index is 0.0679. The Hall–Kier alpha value is -2.01. The van der Waals surface area contributed by atoms with Gasteiger partial charge in [-0.3, -0.25) is 0 Å². The van der Waals surface area contributed by atoms with Crippen LogP contribution >= 0.6 is 0 Å². The van der Waals surface area contributed by atoms with Crippen molar-refractivity contribution in [1.29, 1.82) is 0 Å². The van der Waals surface area contributed by atoms with Crippen molar-refractivity contribution in [2.45, 2.75) is 25.8 Å². The maximum Gasteiger partial charge on any atom is 0.129 e. The molecule has 0 aliphatic carbocycles. The summed E-state index contributed by atoms with van der Waals surface area (Å²) < 4.78 is 41.4. The predicted octanol–water partition coefficient (Wildman–Crippen LogP) is 4.04. The summed E-state index contributed by atoms with van der Waals surface area (Å²) in [7, 11) is 0. The molecule has 3 rings (SSSR count). The van der Waals surface area contributed by atoms with Crippen molar-refractivity contribution in [2.75, 3.05) is 24.5 Å². The quantitative estimate of drug-likeness (QED) is 0.802. The van der Waals surface area contributed by atoms with Gasteiger partial charge in [0.05, 0.1) is 0 Å². The van der Waals surface area contributed by atoms with Gasteiger partial charge >= 0.3 is 0 Å². The Labute approximate surface area is 140 Å². The number of nitrogens with one attached hydrogen (secondary N) is 1. The summed E-state index contributed by atoms with van der Waals surface area (Å²) in [6.45, 7) is 2.61. The molecular weight excluding hydrogens is 313 g/mol. The summed E-state index contributed by atoms with van der Waals surface area (Å²) in [4.78, 5) is 2.19. The van der Waals surface area contributed by atoms with Gasteiger partial charge in [-0.1, -0.05) is 12.1 Å². The monoisotopic (exact) mass is 334 g/mol. The van der Waals surface area contributed by atoms with E-state index < -0.39 is 11.6 Å². The van der Waals surface area contributed by atoms with E-state index in [0.717, 1.165) is 31.6 Å². The molecule has 2 aromatic rings. The molecule has 0 unspecified atom stereocenters. The number of hydrogen-bond acceptors (Lipinski definition) is 2. The van der Waals surface area contributed by atoms with E-state index >= 15 is 0 Å². The summed E-state index contributed by atoms with van der Waals surface area (Å²) >= 11 is 0. The molecule has 128 valence electrons. The van der Waals surface area contributed by atoms with Crippen LogP contribution in [-0.4, -0.2) is 19.6 Å². The standard InChI is InChI=1S/C19H21F3N2/c20-16-5-3-6-17(21)14(16)9-10-23-13-15-18(22)7-4-8-19(15)24-11-1-2-12-24/h3-8,23H,1-2,9-13H2. The van der Waals surface area contributed by atoms with Gasteiger partial charge < -0.3 is 10.2 Å².